The topological polar surface area (TPSA) is 60.9 Å². The SMILES string of the molecule is Cc1ccc2c(c1)C(=O)N(CCCC(=O)N1CCN(C/C=C/c3ccccc3)CC1)C2=O. The van der Waals surface area contributed by atoms with Gasteiger partial charge in [0.15, 0.2) is 0 Å². The van der Waals surface area contributed by atoms with E-state index in [2.05, 4.69) is 29.2 Å². The molecular weight excluding hydrogens is 402 g/mol. The Morgan fingerprint density at radius 1 is 0.938 bits per heavy atom. The van der Waals surface area contributed by atoms with Gasteiger partial charge in [-0.15, -0.1) is 0 Å². The van der Waals surface area contributed by atoms with Crippen molar-refractivity contribution in [1.29, 1.82) is 0 Å². The third-order valence-corrected chi connectivity index (χ3v) is 6.10. The second-order valence-electron chi connectivity index (χ2n) is 8.41. The average molecular weight is 432 g/mol. The molecule has 0 aliphatic carbocycles. The Kier molecular flexibility index (Phi) is 6.81. The summed E-state index contributed by atoms with van der Waals surface area (Å²) in [7, 11) is 0. The molecule has 32 heavy (non-hydrogen) atoms. The van der Waals surface area contributed by atoms with Crippen LogP contribution in [0.3, 0.4) is 0 Å². The van der Waals surface area contributed by atoms with E-state index in [1.165, 1.54) is 10.5 Å². The lowest BCUT2D eigenvalue weighted by molar-refractivity contribution is -0.133. The molecule has 0 bridgehead atoms. The highest BCUT2D eigenvalue weighted by atomic mass is 16.2. The zero-order valence-corrected chi connectivity index (χ0v) is 18.5. The summed E-state index contributed by atoms with van der Waals surface area (Å²) < 4.78 is 0. The van der Waals surface area contributed by atoms with Gasteiger partial charge >= 0.3 is 0 Å². The first-order valence-electron chi connectivity index (χ1n) is 11.2. The number of piperazine rings is 1. The highest BCUT2D eigenvalue weighted by Crippen LogP contribution is 2.24. The number of rotatable bonds is 7. The molecule has 166 valence electrons. The van der Waals surface area contributed by atoms with E-state index in [-0.39, 0.29) is 24.3 Å². The van der Waals surface area contributed by atoms with Gasteiger partial charge in [0.05, 0.1) is 11.1 Å². The number of amides is 3. The van der Waals surface area contributed by atoms with Crippen molar-refractivity contribution in [3.63, 3.8) is 0 Å². The molecule has 0 atom stereocenters. The quantitative estimate of drug-likeness (QED) is 0.632. The molecule has 0 unspecified atom stereocenters. The van der Waals surface area contributed by atoms with Crippen LogP contribution in [0.1, 0.15) is 44.7 Å². The second kappa shape index (κ2) is 9.92. The number of hydrogen-bond acceptors (Lipinski definition) is 4. The minimum Gasteiger partial charge on any atom is -0.340 e. The molecule has 4 rings (SSSR count). The summed E-state index contributed by atoms with van der Waals surface area (Å²) in [4.78, 5) is 43.2. The summed E-state index contributed by atoms with van der Waals surface area (Å²) in [6, 6.07) is 15.5. The molecule has 2 heterocycles. The fourth-order valence-electron chi connectivity index (χ4n) is 4.24. The molecule has 0 spiro atoms. The van der Waals surface area contributed by atoms with E-state index in [0.717, 1.165) is 25.2 Å². The highest BCUT2D eigenvalue weighted by Gasteiger charge is 2.35. The highest BCUT2D eigenvalue weighted by molar-refractivity contribution is 6.21. The van der Waals surface area contributed by atoms with E-state index in [1.54, 1.807) is 12.1 Å². The monoisotopic (exact) mass is 431 g/mol. The van der Waals surface area contributed by atoms with Crippen LogP contribution in [-0.4, -0.2) is 71.7 Å². The van der Waals surface area contributed by atoms with Crippen LogP contribution >= 0.6 is 0 Å². The molecular formula is C26H29N3O3. The van der Waals surface area contributed by atoms with Crippen molar-refractivity contribution in [3.8, 4) is 0 Å². The van der Waals surface area contributed by atoms with Crippen molar-refractivity contribution >= 4 is 23.8 Å². The van der Waals surface area contributed by atoms with E-state index in [1.807, 2.05) is 36.1 Å². The molecule has 2 aromatic rings. The molecule has 2 aliphatic rings. The smallest absolute Gasteiger partial charge is 0.261 e. The van der Waals surface area contributed by atoms with Gasteiger partial charge in [0, 0.05) is 45.7 Å². The lowest BCUT2D eigenvalue weighted by Gasteiger charge is -2.34. The van der Waals surface area contributed by atoms with E-state index >= 15 is 0 Å². The minimum atomic E-state index is -0.255. The first-order valence-corrected chi connectivity index (χ1v) is 11.2. The van der Waals surface area contributed by atoms with Gasteiger partial charge in [-0.1, -0.05) is 54.1 Å². The lowest BCUT2D eigenvalue weighted by Crippen LogP contribution is -2.48. The van der Waals surface area contributed by atoms with Crippen molar-refractivity contribution in [3.05, 3.63) is 76.9 Å². The number of nitrogens with zero attached hydrogens (tertiary/aromatic N) is 3. The fourth-order valence-corrected chi connectivity index (χ4v) is 4.24. The Bertz CT molecular complexity index is 1020. The fraction of sp³-hybridized carbons (Fsp3) is 0.346. The first kappa shape index (κ1) is 22.0. The second-order valence-corrected chi connectivity index (χ2v) is 8.41. The Morgan fingerprint density at radius 3 is 2.41 bits per heavy atom. The molecule has 2 aromatic carbocycles. The summed E-state index contributed by atoms with van der Waals surface area (Å²) in [5.74, 6) is -0.412. The summed E-state index contributed by atoms with van der Waals surface area (Å²) >= 11 is 0. The maximum Gasteiger partial charge on any atom is 0.261 e. The normalized spacial score (nSPS) is 16.8. The van der Waals surface area contributed by atoms with Gasteiger partial charge in [-0.05, 0) is 31.0 Å². The number of imide groups is 1. The van der Waals surface area contributed by atoms with Crippen LogP contribution in [-0.2, 0) is 4.79 Å². The van der Waals surface area contributed by atoms with Crippen molar-refractivity contribution in [1.82, 2.24) is 14.7 Å². The largest absolute Gasteiger partial charge is 0.340 e. The Morgan fingerprint density at radius 2 is 1.66 bits per heavy atom. The molecule has 0 radical (unpaired) electrons. The predicted octanol–water partition coefficient (Wildman–Crippen LogP) is 3.23. The molecule has 6 nitrogen and oxygen atoms in total. The van der Waals surface area contributed by atoms with Crippen molar-refractivity contribution < 1.29 is 14.4 Å². The third kappa shape index (κ3) is 4.97. The van der Waals surface area contributed by atoms with Crippen LogP contribution in [0.4, 0.5) is 0 Å². The van der Waals surface area contributed by atoms with Gasteiger partial charge in [-0.3, -0.25) is 24.2 Å². The van der Waals surface area contributed by atoms with Gasteiger partial charge in [0.25, 0.3) is 11.8 Å². The summed E-state index contributed by atoms with van der Waals surface area (Å²) in [6.45, 7) is 6.18. The maximum absolute atomic E-state index is 12.6. The number of carbonyl (C=O) groups is 3. The first-order chi connectivity index (χ1) is 15.5. The zero-order chi connectivity index (χ0) is 22.5. The molecule has 0 saturated carbocycles. The summed E-state index contributed by atoms with van der Waals surface area (Å²) in [6.07, 6.45) is 5.12. The van der Waals surface area contributed by atoms with Crippen molar-refractivity contribution in [2.24, 2.45) is 0 Å². The molecule has 2 aliphatic heterocycles. The van der Waals surface area contributed by atoms with Crippen LogP contribution in [0.2, 0.25) is 0 Å². The number of hydrogen-bond donors (Lipinski definition) is 0. The average Bonchev–Trinajstić information content (AvgIpc) is 3.04. The summed E-state index contributed by atoms with van der Waals surface area (Å²) in [5.41, 5.74) is 3.08. The van der Waals surface area contributed by atoms with Gasteiger partial charge < -0.3 is 4.90 Å². The van der Waals surface area contributed by atoms with Crippen LogP contribution < -0.4 is 0 Å². The number of aryl methyl sites for hydroxylation is 1. The van der Waals surface area contributed by atoms with E-state index < -0.39 is 0 Å². The van der Waals surface area contributed by atoms with E-state index in [4.69, 9.17) is 0 Å². The number of benzene rings is 2. The third-order valence-electron chi connectivity index (χ3n) is 6.10. The Hall–Kier alpha value is -3.25. The van der Waals surface area contributed by atoms with Gasteiger partial charge in [-0.25, -0.2) is 0 Å². The molecule has 1 saturated heterocycles. The molecule has 1 fully saturated rings. The van der Waals surface area contributed by atoms with E-state index in [9.17, 15) is 14.4 Å². The Balaban J connectivity index is 1.19. The zero-order valence-electron chi connectivity index (χ0n) is 18.5. The van der Waals surface area contributed by atoms with Crippen molar-refractivity contribution in [2.75, 3.05) is 39.3 Å². The van der Waals surface area contributed by atoms with Crippen LogP contribution in [0, 0.1) is 6.92 Å². The molecule has 0 aromatic heterocycles. The predicted molar refractivity (Wildman–Crippen MR) is 124 cm³/mol. The van der Waals surface area contributed by atoms with Crippen LogP contribution in [0.25, 0.3) is 6.08 Å². The minimum absolute atomic E-state index is 0.0944. The maximum atomic E-state index is 12.6. The van der Waals surface area contributed by atoms with Gasteiger partial charge in [-0.2, -0.15) is 0 Å². The van der Waals surface area contributed by atoms with Crippen LogP contribution in [0.5, 0.6) is 0 Å². The summed E-state index contributed by atoms with van der Waals surface area (Å²) in [5, 5.41) is 0. The molecule has 3 amide bonds. The van der Waals surface area contributed by atoms with Crippen LogP contribution in [0.15, 0.2) is 54.6 Å². The molecule has 6 heteroatoms. The lowest BCUT2D eigenvalue weighted by atomic mass is 10.1. The van der Waals surface area contributed by atoms with Gasteiger partial charge in [0.1, 0.15) is 0 Å². The standard InChI is InChI=1S/C26H29N3O3/c1-20-11-12-22-23(19-20)26(32)29(25(22)31)14-6-10-24(30)28-17-15-27(16-18-28)13-5-9-21-7-3-2-4-8-21/h2-5,7-9,11-12,19H,6,10,13-18H2,1H3/b9-5+. The van der Waals surface area contributed by atoms with E-state index in [0.29, 0.717) is 37.1 Å². The van der Waals surface area contributed by atoms with Gasteiger partial charge in [0.2, 0.25) is 5.91 Å². The Labute approximate surface area is 189 Å². The molecule has 0 N–H and O–H groups in total. The van der Waals surface area contributed by atoms with Crippen molar-refractivity contribution in [2.45, 2.75) is 19.8 Å². The number of fused-ring (bicyclic) bond motifs is 1. The number of carbonyl (C=O) groups excluding carboxylic acids is 3.